The SMILES string of the molecule is Clc1ccccc1CC(Cl)CC1CCCC1. The zero-order valence-corrected chi connectivity index (χ0v) is 11.0. The molecular formula is C14H18Cl2. The molecule has 0 radical (unpaired) electrons. The van der Waals surface area contributed by atoms with Crippen molar-refractivity contribution in [2.24, 2.45) is 5.92 Å². The van der Waals surface area contributed by atoms with Crippen LogP contribution in [0.25, 0.3) is 0 Å². The maximum absolute atomic E-state index is 6.41. The first kappa shape index (κ1) is 12.3. The standard InChI is InChI=1S/C14H18Cl2/c15-13(9-11-5-1-2-6-11)10-12-7-3-4-8-14(12)16/h3-4,7-8,11,13H,1-2,5-6,9-10H2. The number of benzene rings is 1. The van der Waals surface area contributed by atoms with Gasteiger partial charge in [0.05, 0.1) is 0 Å². The van der Waals surface area contributed by atoms with Crippen molar-refractivity contribution in [3.8, 4) is 0 Å². The molecule has 0 N–H and O–H groups in total. The average molecular weight is 257 g/mol. The van der Waals surface area contributed by atoms with Gasteiger partial charge in [0.1, 0.15) is 0 Å². The van der Waals surface area contributed by atoms with E-state index in [1.165, 1.54) is 31.2 Å². The summed E-state index contributed by atoms with van der Waals surface area (Å²) in [5.41, 5.74) is 1.18. The highest BCUT2D eigenvalue weighted by Gasteiger charge is 2.19. The van der Waals surface area contributed by atoms with Gasteiger partial charge in [-0.25, -0.2) is 0 Å². The van der Waals surface area contributed by atoms with Gasteiger partial charge in [0.2, 0.25) is 0 Å². The second-order valence-electron chi connectivity index (χ2n) is 4.78. The highest BCUT2D eigenvalue weighted by molar-refractivity contribution is 6.31. The Morgan fingerprint density at radius 1 is 1.19 bits per heavy atom. The summed E-state index contributed by atoms with van der Waals surface area (Å²) in [4.78, 5) is 0. The Kier molecular flexibility index (Phi) is 4.55. The van der Waals surface area contributed by atoms with Crippen LogP contribution in [0.3, 0.4) is 0 Å². The van der Waals surface area contributed by atoms with E-state index in [0.29, 0.717) is 0 Å². The lowest BCUT2D eigenvalue weighted by molar-refractivity contribution is 0.488. The van der Waals surface area contributed by atoms with Crippen LogP contribution in [-0.2, 0) is 6.42 Å². The van der Waals surface area contributed by atoms with Gasteiger partial charge in [0.25, 0.3) is 0 Å². The van der Waals surface area contributed by atoms with E-state index >= 15 is 0 Å². The third kappa shape index (κ3) is 3.40. The highest BCUT2D eigenvalue weighted by atomic mass is 35.5. The minimum Gasteiger partial charge on any atom is -0.123 e. The van der Waals surface area contributed by atoms with Crippen molar-refractivity contribution in [2.75, 3.05) is 0 Å². The van der Waals surface area contributed by atoms with Crippen LogP contribution in [0.1, 0.15) is 37.7 Å². The molecule has 88 valence electrons. The van der Waals surface area contributed by atoms with Gasteiger partial charge in [-0.05, 0) is 30.4 Å². The van der Waals surface area contributed by atoms with Crippen molar-refractivity contribution >= 4 is 23.2 Å². The molecule has 0 bridgehead atoms. The van der Waals surface area contributed by atoms with Crippen molar-refractivity contribution in [1.29, 1.82) is 0 Å². The van der Waals surface area contributed by atoms with Crippen molar-refractivity contribution in [3.05, 3.63) is 34.9 Å². The van der Waals surface area contributed by atoms with Gasteiger partial charge in [0.15, 0.2) is 0 Å². The fourth-order valence-corrected chi connectivity index (χ4v) is 3.22. The first-order chi connectivity index (χ1) is 7.75. The van der Waals surface area contributed by atoms with Crippen molar-refractivity contribution in [3.63, 3.8) is 0 Å². The molecule has 16 heavy (non-hydrogen) atoms. The molecule has 0 aromatic heterocycles. The van der Waals surface area contributed by atoms with E-state index in [0.717, 1.165) is 23.8 Å². The third-order valence-electron chi connectivity index (χ3n) is 3.46. The molecular weight excluding hydrogens is 239 g/mol. The van der Waals surface area contributed by atoms with Gasteiger partial charge in [0, 0.05) is 10.4 Å². The predicted molar refractivity (Wildman–Crippen MR) is 71.4 cm³/mol. The van der Waals surface area contributed by atoms with Crippen LogP contribution in [0.4, 0.5) is 0 Å². The van der Waals surface area contributed by atoms with Gasteiger partial charge in [-0.1, -0.05) is 55.5 Å². The number of rotatable bonds is 4. The van der Waals surface area contributed by atoms with Crippen LogP contribution in [-0.4, -0.2) is 5.38 Å². The van der Waals surface area contributed by atoms with E-state index < -0.39 is 0 Å². The lowest BCUT2D eigenvalue weighted by Gasteiger charge is -2.15. The molecule has 0 aliphatic heterocycles. The number of hydrogen-bond acceptors (Lipinski definition) is 0. The molecule has 2 heteroatoms. The molecule has 1 aliphatic rings. The summed E-state index contributed by atoms with van der Waals surface area (Å²) in [5.74, 6) is 0.852. The lowest BCUT2D eigenvalue weighted by atomic mass is 9.98. The summed E-state index contributed by atoms with van der Waals surface area (Å²) in [6.45, 7) is 0. The third-order valence-corrected chi connectivity index (χ3v) is 4.16. The van der Waals surface area contributed by atoms with E-state index in [1.807, 2.05) is 18.2 Å². The van der Waals surface area contributed by atoms with E-state index in [9.17, 15) is 0 Å². The summed E-state index contributed by atoms with van der Waals surface area (Å²) in [7, 11) is 0. The van der Waals surface area contributed by atoms with Gasteiger partial charge in [-0.3, -0.25) is 0 Å². The quantitative estimate of drug-likeness (QED) is 0.660. The summed E-state index contributed by atoms with van der Waals surface area (Å²) >= 11 is 12.5. The van der Waals surface area contributed by atoms with E-state index in [2.05, 4.69) is 6.07 Å². The van der Waals surface area contributed by atoms with Crippen LogP contribution in [0.5, 0.6) is 0 Å². The maximum Gasteiger partial charge on any atom is 0.0438 e. The van der Waals surface area contributed by atoms with E-state index in [1.54, 1.807) is 0 Å². The van der Waals surface area contributed by atoms with Crippen molar-refractivity contribution in [2.45, 2.75) is 43.9 Å². The van der Waals surface area contributed by atoms with Gasteiger partial charge in [-0.2, -0.15) is 0 Å². The van der Waals surface area contributed by atoms with Crippen LogP contribution < -0.4 is 0 Å². The zero-order chi connectivity index (χ0) is 11.4. The average Bonchev–Trinajstić information content (AvgIpc) is 2.74. The minimum absolute atomic E-state index is 0.239. The van der Waals surface area contributed by atoms with Crippen LogP contribution in [0.15, 0.2) is 24.3 Å². The number of alkyl halides is 1. The molecule has 0 saturated heterocycles. The largest absolute Gasteiger partial charge is 0.123 e. The van der Waals surface area contributed by atoms with Crippen molar-refractivity contribution < 1.29 is 0 Å². The Balaban J connectivity index is 1.86. The molecule has 0 spiro atoms. The Bertz CT molecular complexity index is 329. The number of halogens is 2. The summed E-state index contributed by atoms with van der Waals surface area (Å²) in [6.07, 6.45) is 7.56. The Morgan fingerprint density at radius 2 is 1.88 bits per heavy atom. The molecule has 1 aliphatic carbocycles. The van der Waals surface area contributed by atoms with Crippen LogP contribution >= 0.6 is 23.2 Å². The highest BCUT2D eigenvalue weighted by Crippen LogP contribution is 2.31. The van der Waals surface area contributed by atoms with Gasteiger partial charge >= 0.3 is 0 Å². The fraction of sp³-hybridized carbons (Fsp3) is 0.571. The smallest absolute Gasteiger partial charge is 0.0438 e. The predicted octanol–water partition coefficient (Wildman–Crippen LogP) is 5.07. The number of hydrogen-bond donors (Lipinski definition) is 0. The van der Waals surface area contributed by atoms with Gasteiger partial charge in [-0.15, -0.1) is 11.6 Å². The Hall–Kier alpha value is -0.200. The Morgan fingerprint density at radius 3 is 2.56 bits per heavy atom. The zero-order valence-electron chi connectivity index (χ0n) is 9.46. The molecule has 1 saturated carbocycles. The molecule has 1 unspecified atom stereocenters. The van der Waals surface area contributed by atoms with E-state index in [4.69, 9.17) is 23.2 Å². The molecule has 0 amide bonds. The second kappa shape index (κ2) is 5.93. The van der Waals surface area contributed by atoms with Crippen molar-refractivity contribution in [1.82, 2.24) is 0 Å². The minimum atomic E-state index is 0.239. The summed E-state index contributed by atoms with van der Waals surface area (Å²) < 4.78 is 0. The molecule has 1 aromatic carbocycles. The first-order valence-electron chi connectivity index (χ1n) is 6.13. The lowest BCUT2D eigenvalue weighted by Crippen LogP contribution is -2.09. The summed E-state index contributed by atoms with van der Waals surface area (Å²) in [6, 6.07) is 8.01. The van der Waals surface area contributed by atoms with Crippen LogP contribution in [0.2, 0.25) is 5.02 Å². The van der Waals surface area contributed by atoms with Crippen LogP contribution in [0, 0.1) is 5.92 Å². The molecule has 1 atom stereocenters. The topological polar surface area (TPSA) is 0 Å². The first-order valence-corrected chi connectivity index (χ1v) is 6.94. The molecule has 1 aromatic rings. The maximum atomic E-state index is 6.41. The second-order valence-corrected chi connectivity index (χ2v) is 5.80. The normalized spacial score (nSPS) is 18.9. The van der Waals surface area contributed by atoms with Gasteiger partial charge < -0.3 is 0 Å². The monoisotopic (exact) mass is 256 g/mol. The molecule has 0 heterocycles. The molecule has 1 fully saturated rings. The Labute approximate surface area is 108 Å². The summed E-state index contributed by atoms with van der Waals surface area (Å²) in [5, 5.41) is 1.09. The molecule has 2 rings (SSSR count). The molecule has 0 nitrogen and oxygen atoms in total. The van der Waals surface area contributed by atoms with E-state index in [-0.39, 0.29) is 5.38 Å². The fourth-order valence-electron chi connectivity index (χ4n) is 2.59.